The van der Waals surface area contributed by atoms with E-state index < -0.39 is 0 Å². The smallest absolute Gasteiger partial charge is 0.138 e. The van der Waals surface area contributed by atoms with Gasteiger partial charge in [0, 0.05) is 19.0 Å². The van der Waals surface area contributed by atoms with Crippen LogP contribution in [0, 0.1) is 6.92 Å². The molecule has 0 amide bonds. The van der Waals surface area contributed by atoms with E-state index in [0.717, 1.165) is 25.3 Å². The van der Waals surface area contributed by atoms with Crippen LogP contribution in [0.3, 0.4) is 0 Å². The zero-order valence-corrected chi connectivity index (χ0v) is 11.9. The normalized spacial score (nSPS) is 12.6. The summed E-state index contributed by atoms with van der Waals surface area (Å²) in [5.74, 6) is 1.04. The summed E-state index contributed by atoms with van der Waals surface area (Å²) in [6.07, 6.45) is 2.50. The van der Waals surface area contributed by atoms with Crippen LogP contribution in [0.2, 0.25) is 0 Å². The van der Waals surface area contributed by atoms with Crippen molar-refractivity contribution in [3.63, 3.8) is 0 Å². The molecule has 19 heavy (non-hydrogen) atoms. The van der Waals surface area contributed by atoms with Crippen LogP contribution in [0.15, 0.2) is 30.6 Å². The second-order valence-electron chi connectivity index (χ2n) is 4.72. The van der Waals surface area contributed by atoms with Crippen molar-refractivity contribution in [2.45, 2.75) is 39.8 Å². The topological polar surface area (TPSA) is 42.7 Å². The van der Waals surface area contributed by atoms with Gasteiger partial charge in [0.25, 0.3) is 0 Å². The third-order valence-electron chi connectivity index (χ3n) is 3.31. The molecule has 1 aromatic carbocycles. The van der Waals surface area contributed by atoms with Gasteiger partial charge < -0.3 is 5.32 Å². The standard InChI is InChI=1S/C15H22N4/c1-4-16-14(13-8-6-12(3)7-9-13)10-15-17-11-18-19(15)5-2/h6-9,11,14,16H,4-5,10H2,1-3H3. The minimum Gasteiger partial charge on any atom is -0.310 e. The Kier molecular flexibility index (Phi) is 4.68. The predicted octanol–water partition coefficient (Wildman–Crippen LogP) is 2.50. The Morgan fingerprint density at radius 1 is 1.21 bits per heavy atom. The molecule has 0 aliphatic heterocycles. The zero-order chi connectivity index (χ0) is 13.7. The molecular weight excluding hydrogens is 236 g/mol. The number of nitrogens with zero attached hydrogens (tertiary/aromatic N) is 3. The quantitative estimate of drug-likeness (QED) is 0.865. The Morgan fingerprint density at radius 3 is 2.58 bits per heavy atom. The molecule has 0 fully saturated rings. The van der Waals surface area contributed by atoms with Crippen LogP contribution in [0.25, 0.3) is 0 Å². The largest absolute Gasteiger partial charge is 0.310 e. The predicted molar refractivity (Wildman–Crippen MR) is 77.0 cm³/mol. The van der Waals surface area contributed by atoms with Gasteiger partial charge in [-0.05, 0) is 26.0 Å². The molecular formula is C15H22N4. The van der Waals surface area contributed by atoms with Crippen molar-refractivity contribution in [1.29, 1.82) is 0 Å². The van der Waals surface area contributed by atoms with E-state index in [1.807, 2.05) is 4.68 Å². The highest BCUT2D eigenvalue weighted by Gasteiger charge is 2.14. The molecule has 1 aromatic heterocycles. The Hall–Kier alpha value is -1.68. The Morgan fingerprint density at radius 2 is 1.95 bits per heavy atom. The lowest BCUT2D eigenvalue weighted by molar-refractivity contribution is 0.509. The van der Waals surface area contributed by atoms with E-state index in [2.05, 4.69) is 60.4 Å². The summed E-state index contributed by atoms with van der Waals surface area (Å²) in [7, 11) is 0. The summed E-state index contributed by atoms with van der Waals surface area (Å²) in [6, 6.07) is 8.99. The fourth-order valence-corrected chi connectivity index (χ4v) is 2.25. The average molecular weight is 258 g/mol. The number of likely N-dealkylation sites (N-methyl/N-ethyl adjacent to an activating group) is 1. The van der Waals surface area contributed by atoms with Crippen LogP contribution in [0.4, 0.5) is 0 Å². The summed E-state index contributed by atoms with van der Waals surface area (Å²) >= 11 is 0. The molecule has 4 nitrogen and oxygen atoms in total. The number of aromatic nitrogens is 3. The summed E-state index contributed by atoms with van der Waals surface area (Å²) < 4.78 is 1.96. The summed E-state index contributed by atoms with van der Waals surface area (Å²) in [5.41, 5.74) is 2.59. The maximum atomic E-state index is 4.36. The molecule has 0 saturated heterocycles. The summed E-state index contributed by atoms with van der Waals surface area (Å²) in [4.78, 5) is 4.36. The number of nitrogens with one attached hydrogen (secondary N) is 1. The highest BCUT2D eigenvalue weighted by molar-refractivity contribution is 5.24. The van der Waals surface area contributed by atoms with Gasteiger partial charge in [-0.3, -0.25) is 4.68 Å². The van der Waals surface area contributed by atoms with Gasteiger partial charge in [0.2, 0.25) is 0 Å². The Bertz CT molecular complexity index is 501. The van der Waals surface area contributed by atoms with Crippen LogP contribution < -0.4 is 5.32 Å². The van der Waals surface area contributed by atoms with Crippen LogP contribution in [-0.4, -0.2) is 21.3 Å². The van der Waals surface area contributed by atoms with Crippen LogP contribution in [-0.2, 0) is 13.0 Å². The van der Waals surface area contributed by atoms with E-state index in [1.54, 1.807) is 6.33 Å². The lowest BCUT2D eigenvalue weighted by Gasteiger charge is -2.18. The van der Waals surface area contributed by atoms with Crippen molar-refractivity contribution in [2.24, 2.45) is 0 Å². The third kappa shape index (κ3) is 3.41. The minimum absolute atomic E-state index is 0.292. The molecule has 2 aromatic rings. The lowest BCUT2D eigenvalue weighted by Crippen LogP contribution is -2.24. The van der Waals surface area contributed by atoms with Crippen molar-refractivity contribution in [3.05, 3.63) is 47.5 Å². The monoisotopic (exact) mass is 258 g/mol. The van der Waals surface area contributed by atoms with Crippen LogP contribution in [0.5, 0.6) is 0 Å². The molecule has 0 saturated carbocycles. The number of benzene rings is 1. The van der Waals surface area contributed by atoms with Crippen LogP contribution >= 0.6 is 0 Å². The fraction of sp³-hybridized carbons (Fsp3) is 0.467. The maximum Gasteiger partial charge on any atom is 0.138 e. The first kappa shape index (κ1) is 13.7. The summed E-state index contributed by atoms with van der Waals surface area (Å²) in [5, 5.41) is 7.76. The fourth-order valence-electron chi connectivity index (χ4n) is 2.25. The number of hydrogen-bond donors (Lipinski definition) is 1. The highest BCUT2D eigenvalue weighted by atomic mass is 15.3. The number of rotatable bonds is 6. The molecule has 0 aliphatic carbocycles. The zero-order valence-electron chi connectivity index (χ0n) is 11.9. The molecule has 0 bridgehead atoms. The van der Waals surface area contributed by atoms with E-state index in [0.29, 0.717) is 6.04 Å². The van der Waals surface area contributed by atoms with Crippen LogP contribution in [0.1, 0.15) is 36.8 Å². The SMILES string of the molecule is CCNC(Cc1ncnn1CC)c1ccc(C)cc1. The average Bonchev–Trinajstić information content (AvgIpc) is 2.86. The van der Waals surface area contributed by atoms with E-state index >= 15 is 0 Å². The Labute approximate surface area is 114 Å². The molecule has 0 spiro atoms. The lowest BCUT2D eigenvalue weighted by atomic mass is 10.0. The van der Waals surface area contributed by atoms with E-state index in [1.165, 1.54) is 11.1 Å². The van der Waals surface area contributed by atoms with E-state index in [-0.39, 0.29) is 0 Å². The maximum absolute atomic E-state index is 4.36. The van der Waals surface area contributed by atoms with Gasteiger partial charge in [0.1, 0.15) is 12.2 Å². The van der Waals surface area contributed by atoms with E-state index in [4.69, 9.17) is 0 Å². The van der Waals surface area contributed by atoms with Gasteiger partial charge in [-0.2, -0.15) is 5.10 Å². The highest BCUT2D eigenvalue weighted by Crippen LogP contribution is 2.18. The molecule has 2 rings (SSSR count). The first-order valence-corrected chi connectivity index (χ1v) is 6.91. The van der Waals surface area contributed by atoms with Gasteiger partial charge in [0.05, 0.1) is 0 Å². The van der Waals surface area contributed by atoms with Gasteiger partial charge in [-0.1, -0.05) is 36.8 Å². The van der Waals surface area contributed by atoms with Gasteiger partial charge in [-0.15, -0.1) is 0 Å². The molecule has 0 radical (unpaired) electrons. The van der Waals surface area contributed by atoms with Crippen molar-refractivity contribution in [2.75, 3.05) is 6.54 Å². The first-order valence-electron chi connectivity index (χ1n) is 6.91. The van der Waals surface area contributed by atoms with Crippen molar-refractivity contribution >= 4 is 0 Å². The molecule has 1 unspecified atom stereocenters. The first-order chi connectivity index (χ1) is 9.24. The third-order valence-corrected chi connectivity index (χ3v) is 3.31. The van der Waals surface area contributed by atoms with Gasteiger partial charge in [0.15, 0.2) is 0 Å². The number of hydrogen-bond acceptors (Lipinski definition) is 3. The van der Waals surface area contributed by atoms with Crippen molar-refractivity contribution in [3.8, 4) is 0 Å². The molecule has 1 atom stereocenters. The van der Waals surface area contributed by atoms with Crippen molar-refractivity contribution in [1.82, 2.24) is 20.1 Å². The molecule has 1 heterocycles. The Balaban J connectivity index is 2.18. The van der Waals surface area contributed by atoms with Gasteiger partial charge in [-0.25, -0.2) is 4.98 Å². The molecule has 0 aliphatic rings. The summed E-state index contributed by atoms with van der Waals surface area (Å²) in [6.45, 7) is 8.14. The molecule has 102 valence electrons. The van der Waals surface area contributed by atoms with E-state index in [9.17, 15) is 0 Å². The van der Waals surface area contributed by atoms with Crippen molar-refractivity contribution < 1.29 is 0 Å². The second-order valence-corrected chi connectivity index (χ2v) is 4.72. The molecule has 4 heteroatoms. The second kappa shape index (κ2) is 6.48. The molecule has 1 N–H and O–H groups in total. The van der Waals surface area contributed by atoms with Gasteiger partial charge >= 0.3 is 0 Å². The minimum atomic E-state index is 0.292. The number of aryl methyl sites for hydroxylation is 2.